The van der Waals surface area contributed by atoms with E-state index in [0.717, 1.165) is 31.6 Å². The number of nitrogens with one attached hydrogen (secondary N) is 1. The van der Waals surface area contributed by atoms with E-state index in [4.69, 9.17) is 9.73 Å². The van der Waals surface area contributed by atoms with Gasteiger partial charge in [-0.05, 0) is 38.0 Å². The Labute approximate surface area is 104 Å². The molecule has 2 fully saturated rings. The molecular weight excluding hydrogens is 212 g/mol. The first-order valence-corrected chi connectivity index (χ1v) is 7.28. The second kappa shape index (κ2) is 5.49. The number of nitrogens with zero attached hydrogens (tertiary/aromatic N) is 1. The smallest absolute Gasteiger partial charge is 0.0480 e. The molecule has 0 bridgehead atoms. The van der Waals surface area contributed by atoms with Crippen LogP contribution >= 0.6 is 0 Å². The van der Waals surface area contributed by atoms with Crippen LogP contribution in [0.3, 0.4) is 0 Å². The van der Waals surface area contributed by atoms with Crippen molar-refractivity contribution in [1.29, 1.82) is 0 Å². The summed E-state index contributed by atoms with van der Waals surface area (Å²) in [6.07, 6.45) is 7.82. The lowest BCUT2D eigenvalue weighted by Crippen LogP contribution is -2.40. The van der Waals surface area contributed by atoms with E-state index in [-0.39, 0.29) is 0 Å². The van der Waals surface area contributed by atoms with Gasteiger partial charge in [0.05, 0.1) is 0 Å². The fourth-order valence-electron chi connectivity index (χ4n) is 3.51. The molecule has 1 aliphatic carbocycles. The zero-order valence-corrected chi connectivity index (χ0v) is 10.7. The Bertz CT molecular complexity index is 284. The molecule has 0 radical (unpaired) electrons. The Morgan fingerprint density at radius 3 is 2.94 bits per heavy atom. The molecule has 3 heteroatoms. The molecule has 1 saturated heterocycles. The molecule has 0 aromatic rings. The molecule has 2 aliphatic heterocycles. The van der Waals surface area contributed by atoms with Crippen LogP contribution in [-0.4, -0.2) is 38.1 Å². The Balaban J connectivity index is 1.46. The molecule has 0 amide bonds. The molecule has 3 nitrogen and oxygen atoms in total. The Hall–Kier alpha value is -0.410. The predicted molar refractivity (Wildman–Crippen MR) is 69.6 cm³/mol. The molecule has 0 spiro atoms. The lowest BCUT2D eigenvalue weighted by atomic mass is 9.80. The van der Waals surface area contributed by atoms with Crippen molar-refractivity contribution in [3.8, 4) is 0 Å². The van der Waals surface area contributed by atoms with Crippen LogP contribution in [0.25, 0.3) is 0 Å². The number of ether oxygens (including phenoxy) is 1. The maximum atomic E-state index is 5.39. The molecule has 3 rings (SSSR count). The van der Waals surface area contributed by atoms with Gasteiger partial charge in [-0.1, -0.05) is 6.42 Å². The van der Waals surface area contributed by atoms with E-state index in [9.17, 15) is 0 Å². The van der Waals surface area contributed by atoms with E-state index in [0.29, 0.717) is 6.04 Å². The zero-order valence-electron chi connectivity index (χ0n) is 10.7. The van der Waals surface area contributed by atoms with Crippen molar-refractivity contribution in [3.63, 3.8) is 0 Å². The molecule has 0 aromatic heterocycles. The summed E-state index contributed by atoms with van der Waals surface area (Å²) in [6.45, 7) is 4.12. The van der Waals surface area contributed by atoms with Crippen LogP contribution in [0.5, 0.6) is 0 Å². The largest absolute Gasteiger partial charge is 0.381 e. The number of aliphatic imine (C=N–C) groups is 1. The van der Waals surface area contributed by atoms with Gasteiger partial charge in [0, 0.05) is 44.0 Å². The van der Waals surface area contributed by atoms with Gasteiger partial charge in [-0.2, -0.15) is 0 Å². The molecule has 1 saturated carbocycles. The van der Waals surface area contributed by atoms with Crippen LogP contribution in [0.15, 0.2) is 4.99 Å². The molecule has 2 heterocycles. The summed E-state index contributed by atoms with van der Waals surface area (Å²) in [7, 11) is 0. The highest BCUT2D eigenvalue weighted by Gasteiger charge is 2.32. The minimum absolute atomic E-state index is 0.691. The summed E-state index contributed by atoms with van der Waals surface area (Å²) in [4.78, 5) is 4.75. The van der Waals surface area contributed by atoms with Gasteiger partial charge in [-0.15, -0.1) is 0 Å². The normalized spacial score (nSPS) is 34.5. The third kappa shape index (κ3) is 2.71. The van der Waals surface area contributed by atoms with Gasteiger partial charge in [-0.25, -0.2) is 0 Å². The Morgan fingerprint density at radius 1 is 1.18 bits per heavy atom. The number of hydrogen-bond donors (Lipinski definition) is 1. The van der Waals surface area contributed by atoms with Crippen molar-refractivity contribution in [2.24, 2.45) is 16.8 Å². The standard InChI is InChI=1S/C14H24N2O/c1-2-4-14-13(3-1)11(10-16-14)9-15-12-5-7-17-8-6-12/h11-13,15H,1-10H2. The summed E-state index contributed by atoms with van der Waals surface area (Å²) in [5.74, 6) is 1.60. The molecular formula is C14H24N2O. The average Bonchev–Trinajstić information content (AvgIpc) is 2.81. The van der Waals surface area contributed by atoms with Gasteiger partial charge in [0.25, 0.3) is 0 Å². The molecule has 96 valence electrons. The first-order chi connectivity index (χ1) is 8.43. The predicted octanol–water partition coefficient (Wildman–Crippen LogP) is 2.02. The summed E-state index contributed by atoms with van der Waals surface area (Å²) < 4.78 is 5.39. The van der Waals surface area contributed by atoms with Crippen LogP contribution in [0.4, 0.5) is 0 Å². The van der Waals surface area contributed by atoms with Crippen molar-refractivity contribution >= 4 is 5.71 Å². The van der Waals surface area contributed by atoms with Crippen LogP contribution < -0.4 is 5.32 Å². The second-order valence-corrected chi connectivity index (χ2v) is 5.74. The van der Waals surface area contributed by atoms with E-state index in [1.54, 1.807) is 0 Å². The van der Waals surface area contributed by atoms with E-state index in [2.05, 4.69) is 5.32 Å². The third-order valence-electron chi connectivity index (χ3n) is 4.61. The molecule has 3 aliphatic rings. The molecule has 17 heavy (non-hydrogen) atoms. The van der Waals surface area contributed by atoms with E-state index in [1.165, 1.54) is 50.8 Å². The lowest BCUT2D eigenvalue weighted by molar-refractivity contribution is 0.0766. The van der Waals surface area contributed by atoms with E-state index < -0.39 is 0 Å². The summed E-state index contributed by atoms with van der Waals surface area (Å²) >= 11 is 0. The van der Waals surface area contributed by atoms with Gasteiger partial charge >= 0.3 is 0 Å². The molecule has 1 N–H and O–H groups in total. The maximum absolute atomic E-state index is 5.39. The van der Waals surface area contributed by atoms with Gasteiger partial charge in [0.1, 0.15) is 0 Å². The SMILES string of the molecule is C1CCC2C(=NCC2CNC2CCOCC2)C1. The monoisotopic (exact) mass is 236 g/mol. The second-order valence-electron chi connectivity index (χ2n) is 5.74. The van der Waals surface area contributed by atoms with Crippen molar-refractivity contribution < 1.29 is 4.74 Å². The quantitative estimate of drug-likeness (QED) is 0.813. The van der Waals surface area contributed by atoms with Crippen LogP contribution in [-0.2, 0) is 4.74 Å². The molecule has 2 unspecified atom stereocenters. The minimum Gasteiger partial charge on any atom is -0.381 e. The number of hydrogen-bond acceptors (Lipinski definition) is 3. The molecule has 0 aromatic carbocycles. The third-order valence-corrected chi connectivity index (χ3v) is 4.61. The van der Waals surface area contributed by atoms with Gasteiger partial charge in [-0.3, -0.25) is 4.99 Å². The summed E-state index contributed by atoms with van der Waals surface area (Å²) in [5, 5.41) is 3.74. The van der Waals surface area contributed by atoms with E-state index in [1.807, 2.05) is 0 Å². The fraction of sp³-hybridized carbons (Fsp3) is 0.929. The highest BCUT2D eigenvalue weighted by Crippen LogP contribution is 2.32. The highest BCUT2D eigenvalue weighted by atomic mass is 16.5. The first kappa shape index (κ1) is 11.7. The van der Waals surface area contributed by atoms with E-state index >= 15 is 0 Å². The van der Waals surface area contributed by atoms with Gasteiger partial charge in [0.2, 0.25) is 0 Å². The fourth-order valence-corrected chi connectivity index (χ4v) is 3.51. The first-order valence-electron chi connectivity index (χ1n) is 7.28. The van der Waals surface area contributed by atoms with Crippen molar-refractivity contribution in [3.05, 3.63) is 0 Å². The lowest BCUT2D eigenvalue weighted by Gasteiger charge is -2.28. The van der Waals surface area contributed by atoms with Crippen molar-refractivity contribution in [1.82, 2.24) is 5.32 Å². The highest BCUT2D eigenvalue weighted by molar-refractivity contribution is 5.89. The summed E-state index contributed by atoms with van der Waals surface area (Å²) in [5.41, 5.74) is 1.54. The molecule has 2 atom stereocenters. The van der Waals surface area contributed by atoms with Gasteiger partial charge < -0.3 is 10.1 Å². The maximum Gasteiger partial charge on any atom is 0.0480 e. The number of fused-ring (bicyclic) bond motifs is 1. The zero-order chi connectivity index (χ0) is 11.5. The Morgan fingerprint density at radius 2 is 2.06 bits per heavy atom. The topological polar surface area (TPSA) is 33.6 Å². The van der Waals surface area contributed by atoms with Crippen LogP contribution in [0.2, 0.25) is 0 Å². The number of rotatable bonds is 3. The van der Waals surface area contributed by atoms with Crippen LogP contribution in [0, 0.1) is 11.8 Å². The average molecular weight is 236 g/mol. The summed E-state index contributed by atoms with van der Waals surface area (Å²) in [6, 6.07) is 0.691. The van der Waals surface area contributed by atoms with Crippen molar-refractivity contribution in [2.75, 3.05) is 26.3 Å². The van der Waals surface area contributed by atoms with Gasteiger partial charge in [0.15, 0.2) is 0 Å². The Kier molecular flexibility index (Phi) is 3.77. The van der Waals surface area contributed by atoms with Crippen LogP contribution in [0.1, 0.15) is 38.5 Å². The van der Waals surface area contributed by atoms with Crippen molar-refractivity contribution in [2.45, 2.75) is 44.6 Å². The minimum atomic E-state index is 0.691.